The Labute approximate surface area is 255 Å². The van der Waals surface area contributed by atoms with E-state index in [4.69, 9.17) is 5.73 Å². The van der Waals surface area contributed by atoms with Crippen LogP contribution in [0.5, 0.6) is 0 Å². The third-order valence-corrected chi connectivity index (χ3v) is 14.7. The molecule has 0 saturated heterocycles. The Bertz CT molecular complexity index is 1280. The van der Waals surface area contributed by atoms with E-state index >= 15 is 0 Å². The van der Waals surface area contributed by atoms with Gasteiger partial charge in [0.05, 0.1) is 5.56 Å². The second-order valence-corrected chi connectivity index (χ2v) is 16.5. The molecule has 4 heteroatoms. The van der Waals surface area contributed by atoms with E-state index in [1.807, 2.05) is 12.1 Å². The molecule has 0 aromatic heterocycles. The molecule has 42 heavy (non-hydrogen) atoms. The molecule has 0 bridgehead atoms. The molecule has 5 aliphatic carbocycles. The first kappa shape index (κ1) is 30.1. The van der Waals surface area contributed by atoms with Crippen molar-refractivity contribution in [2.45, 2.75) is 105 Å². The largest absolute Gasteiger partial charge is 0.478 e. The number of fused-ring (bicyclic) bond motifs is 7. The van der Waals surface area contributed by atoms with Gasteiger partial charge in [0.2, 0.25) is 0 Å². The summed E-state index contributed by atoms with van der Waals surface area (Å²) in [6.45, 7) is 21.5. The van der Waals surface area contributed by atoms with Gasteiger partial charge in [-0.05, 0) is 139 Å². The van der Waals surface area contributed by atoms with Gasteiger partial charge in [-0.1, -0.05) is 65.0 Å². The minimum absolute atomic E-state index is 0.0428. The van der Waals surface area contributed by atoms with Gasteiger partial charge in [0.15, 0.2) is 0 Å². The van der Waals surface area contributed by atoms with Crippen molar-refractivity contribution >= 4 is 11.5 Å². The Kier molecular flexibility index (Phi) is 7.22. The van der Waals surface area contributed by atoms with Crippen LogP contribution in [0, 0.1) is 51.2 Å². The highest BCUT2D eigenvalue weighted by Gasteiger charge is 2.70. The second-order valence-electron chi connectivity index (χ2n) is 16.5. The molecule has 4 saturated carbocycles. The van der Waals surface area contributed by atoms with Gasteiger partial charge in [-0.15, -0.1) is 0 Å². The molecule has 4 nitrogen and oxygen atoms in total. The molecular formula is C38H56N2O2. The molecule has 5 aliphatic rings. The van der Waals surface area contributed by atoms with Gasteiger partial charge < -0.3 is 16.2 Å². The number of carboxylic acid groups (broad SMARTS) is 1. The highest BCUT2D eigenvalue weighted by Crippen LogP contribution is 2.76. The number of carboxylic acids is 1. The number of aromatic carboxylic acids is 1. The van der Waals surface area contributed by atoms with E-state index in [1.54, 1.807) is 12.1 Å². The number of carbonyl (C=O) groups is 1. The minimum Gasteiger partial charge on any atom is -0.478 e. The van der Waals surface area contributed by atoms with E-state index in [-0.39, 0.29) is 16.4 Å². The average molecular weight is 573 g/mol. The van der Waals surface area contributed by atoms with Crippen LogP contribution < -0.4 is 11.1 Å². The summed E-state index contributed by atoms with van der Waals surface area (Å²) in [7, 11) is 0. The van der Waals surface area contributed by atoms with Crippen LogP contribution in [0.25, 0.3) is 5.57 Å². The molecule has 4 N–H and O–H groups in total. The quantitative estimate of drug-likeness (QED) is 0.300. The average Bonchev–Trinajstić information content (AvgIpc) is 3.32. The van der Waals surface area contributed by atoms with E-state index in [0.29, 0.717) is 46.6 Å². The second kappa shape index (κ2) is 10.1. The SMILES string of the molecule is C=C(C)C1CCC2(NCCN)CCC3(C)C(CCC4C5(C)CC=C(c6ccc(C(=O)O)cc6)C(C)(C)C5CCC43C)C12. The molecule has 1 aromatic rings. The minimum atomic E-state index is -0.857. The van der Waals surface area contributed by atoms with E-state index in [1.165, 1.54) is 68.1 Å². The van der Waals surface area contributed by atoms with Gasteiger partial charge in [0, 0.05) is 18.6 Å². The van der Waals surface area contributed by atoms with E-state index in [9.17, 15) is 9.90 Å². The van der Waals surface area contributed by atoms with Crippen molar-refractivity contribution in [1.29, 1.82) is 0 Å². The number of hydrogen-bond donors (Lipinski definition) is 3. The maximum absolute atomic E-state index is 11.5. The van der Waals surface area contributed by atoms with Crippen molar-refractivity contribution in [3.8, 4) is 0 Å². The van der Waals surface area contributed by atoms with Gasteiger partial charge in [0.25, 0.3) is 0 Å². The fourth-order valence-electron chi connectivity index (χ4n) is 12.7. The zero-order chi connectivity index (χ0) is 30.3. The third kappa shape index (κ3) is 4.03. The van der Waals surface area contributed by atoms with Crippen LogP contribution in [0.3, 0.4) is 0 Å². The number of allylic oxidation sites excluding steroid dienone is 3. The Balaban J connectivity index is 1.35. The first-order valence-electron chi connectivity index (χ1n) is 16.9. The standard InChI is InChI=1S/C38H56N2O2/c1-24(2)27-14-19-38(40-23-22-39)21-20-36(6)29(32(27)38)12-13-31-35(5)17-15-28(25-8-10-26(11-9-25)33(41)42)34(3,4)30(35)16-18-37(31,36)7/h8-11,15,27,29-32,40H,1,12-14,16-23,39H2,2-7H3,(H,41,42). The number of rotatable bonds is 6. The van der Waals surface area contributed by atoms with Crippen LogP contribution in [0.4, 0.5) is 0 Å². The Hall–Kier alpha value is -1.91. The Morgan fingerprint density at radius 1 is 0.952 bits per heavy atom. The predicted octanol–water partition coefficient (Wildman–Crippen LogP) is 8.34. The predicted molar refractivity (Wildman–Crippen MR) is 173 cm³/mol. The van der Waals surface area contributed by atoms with Gasteiger partial charge >= 0.3 is 5.97 Å². The Morgan fingerprint density at radius 3 is 2.31 bits per heavy atom. The summed E-state index contributed by atoms with van der Waals surface area (Å²) >= 11 is 0. The maximum atomic E-state index is 11.5. The lowest BCUT2D eigenvalue weighted by Gasteiger charge is -2.72. The monoisotopic (exact) mass is 572 g/mol. The van der Waals surface area contributed by atoms with Crippen molar-refractivity contribution in [3.05, 3.63) is 53.6 Å². The first-order valence-corrected chi connectivity index (χ1v) is 16.9. The maximum Gasteiger partial charge on any atom is 0.335 e. The molecule has 0 amide bonds. The highest BCUT2D eigenvalue weighted by molar-refractivity contribution is 5.88. The summed E-state index contributed by atoms with van der Waals surface area (Å²) in [4.78, 5) is 11.5. The smallest absolute Gasteiger partial charge is 0.335 e. The summed E-state index contributed by atoms with van der Waals surface area (Å²) in [6.07, 6.45) is 14.1. The summed E-state index contributed by atoms with van der Waals surface area (Å²) in [5.41, 5.74) is 11.6. The van der Waals surface area contributed by atoms with Gasteiger partial charge in [0.1, 0.15) is 0 Å². The highest BCUT2D eigenvalue weighted by atomic mass is 16.4. The number of nitrogens with one attached hydrogen (secondary N) is 1. The first-order chi connectivity index (χ1) is 19.7. The molecule has 0 aliphatic heterocycles. The van der Waals surface area contributed by atoms with Crippen LogP contribution in [0.2, 0.25) is 0 Å². The summed E-state index contributed by atoms with van der Waals surface area (Å²) in [6, 6.07) is 7.61. The van der Waals surface area contributed by atoms with Crippen molar-refractivity contribution in [1.82, 2.24) is 5.32 Å². The summed E-state index contributed by atoms with van der Waals surface area (Å²) in [5.74, 6) is 2.50. The molecule has 9 unspecified atom stereocenters. The zero-order valence-corrected chi connectivity index (χ0v) is 27.2. The van der Waals surface area contributed by atoms with Crippen LogP contribution >= 0.6 is 0 Å². The van der Waals surface area contributed by atoms with Crippen molar-refractivity contribution in [2.24, 2.45) is 57.0 Å². The molecule has 1 aromatic carbocycles. The summed E-state index contributed by atoms with van der Waals surface area (Å²) in [5, 5.41) is 13.5. The van der Waals surface area contributed by atoms with Crippen LogP contribution in [0.1, 0.15) is 115 Å². The zero-order valence-electron chi connectivity index (χ0n) is 27.2. The van der Waals surface area contributed by atoms with Crippen molar-refractivity contribution in [2.75, 3.05) is 13.1 Å². The number of nitrogens with two attached hydrogens (primary N) is 1. The summed E-state index contributed by atoms with van der Waals surface area (Å²) < 4.78 is 0. The normalized spacial score (nSPS) is 43.8. The van der Waals surface area contributed by atoms with Crippen LogP contribution in [-0.4, -0.2) is 29.7 Å². The van der Waals surface area contributed by atoms with Gasteiger partial charge in [-0.25, -0.2) is 4.79 Å². The Morgan fingerprint density at radius 2 is 1.67 bits per heavy atom. The number of hydrogen-bond acceptors (Lipinski definition) is 3. The fraction of sp³-hybridized carbons (Fsp3) is 0.711. The van der Waals surface area contributed by atoms with Gasteiger partial charge in [-0.3, -0.25) is 0 Å². The molecule has 4 fully saturated rings. The lowest BCUT2D eigenvalue weighted by molar-refractivity contribution is -0.219. The van der Waals surface area contributed by atoms with E-state index < -0.39 is 5.97 Å². The van der Waals surface area contributed by atoms with Crippen molar-refractivity contribution < 1.29 is 9.90 Å². The topological polar surface area (TPSA) is 75.3 Å². The molecule has 6 rings (SSSR count). The fourth-order valence-corrected chi connectivity index (χ4v) is 12.7. The lowest BCUT2D eigenvalue weighted by Crippen LogP contribution is -2.68. The molecule has 0 spiro atoms. The third-order valence-electron chi connectivity index (χ3n) is 14.7. The van der Waals surface area contributed by atoms with Crippen LogP contribution in [-0.2, 0) is 0 Å². The molecule has 0 radical (unpaired) electrons. The van der Waals surface area contributed by atoms with E-state index in [0.717, 1.165) is 18.9 Å². The molecule has 0 heterocycles. The van der Waals surface area contributed by atoms with Crippen molar-refractivity contribution in [3.63, 3.8) is 0 Å². The molecular weight excluding hydrogens is 516 g/mol. The molecule has 230 valence electrons. The van der Waals surface area contributed by atoms with Crippen LogP contribution in [0.15, 0.2) is 42.5 Å². The van der Waals surface area contributed by atoms with Gasteiger partial charge in [-0.2, -0.15) is 0 Å². The molecule has 9 atom stereocenters. The van der Waals surface area contributed by atoms with E-state index in [2.05, 4.69) is 59.5 Å². The number of benzene rings is 1. The lowest BCUT2D eigenvalue weighted by atomic mass is 9.33.